The van der Waals surface area contributed by atoms with E-state index in [9.17, 15) is 24.3 Å². The summed E-state index contributed by atoms with van der Waals surface area (Å²) in [6, 6.07) is 7.20. The second-order valence-electron chi connectivity index (χ2n) is 14.2. The summed E-state index contributed by atoms with van der Waals surface area (Å²) in [5, 5.41) is 21.1. The third kappa shape index (κ3) is 6.10. The predicted octanol–water partition coefficient (Wildman–Crippen LogP) is 1.52. The average Bonchev–Trinajstić information content (AvgIpc) is 3.55. The van der Waals surface area contributed by atoms with Crippen LogP contribution in [0.3, 0.4) is 0 Å². The molecule has 4 aliphatic rings. The first-order valence-corrected chi connectivity index (χ1v) is 18.0. The quantitative estimate of drug-likeness (QED) is 0.169. The summed E-state index contributed by atoms with van der Waals surface area (Å²) in [4.78, 5) is 73.6. The van der Waals surface area contributed by atoms with E-state index in [1.165, 1.54) is 12.4 Å². The monoisotopic (exact) mass is 723 g/mol. The lowest BCUT2D eigenvalue weighted by Gasteiger charge is -2.34. The molecular formula is C37H41N9O7. The van der Waals surface area contributed by atoms with Crippen molar-refractivity contribution < 1.29 is 29.4 Å². The zero-order valence-corrected chi connectivity index (χ0v) is 29.7. The zero-order valence-electron chi connectivity index (χ0n) is 29.7. The highest BCUT2D eigenvalue weighted by Crippen LogP contribution is 2.41. The van der Waals surface area contributed by atoms with Crippen molar-refractivity contribution in [2.45, 2.75) is 44.9 Å². The van der Waals surface area contributed by atoms with Gasteiger partial charge in [-0.2, -0.15) is 0 Å². The molecule has 3 aromatic heterocycles. The number of nitrogens with one attached hydrogen (secondary N) is 1. The van der Waals surface area contributed by atoms with Crippen LogP contribution in [0.5, 0.6) is 5.75 Å². The molecule has 2 saturated heterocycles. The van der Waals surface area contributed by atoms with Gasteiger partial charge in [0.25, 0.3) is 11.5 Å². The lowest BCUT2D eigenvalue weighted by Crippen LogP contribution is -2.50. The first-order chi connectivity index (χ1) is 25.6. The van der Waals surface area contributed by atoms with E-state index in [1.807, 2.05) is 17.0 Å². The van der Waals surface area contributed by atoms with E-state index in [1.54, 1.807) is 34.0 Å². The van der Waals surface area contributed by atoms with Crippen molar-refractivity contribution in [3.8, 4) is 17.1 Å². The number of nitrogens with zero attached hydrogens (tertiary/aromatic N) is 8. The minimum Gasteiger partial charge on any atom is -0.410 e. The number of likely N-dealkylation sites (N-methyl/N-ethyl adjacent to an activating group) is 1. The number of aliphatic hydroxyl groups is 1. The van der Waals surface area contributed by atoms with E-state index in [-0.39, 0.29) is 29.7 Å². The Labute approximate surface area is 304 Å². The summed E-state index contributed by atoms with van der Waals surface area (Å²) in [6.45, 7) is 7.93. The first kappa shape index (κ1) is 34.8. The fourth-order valence-electron chi connectivity index (χ4n) is 7.92. The third-order valence-corrected chi connectivity index (χ3v) is 11.2. The van der Waals surface area contributed by atoms with Gasteiger partial charge in [-0.25, -0.2) is 25.2 Å². The Bertz CT molecular complexity index is 2190. The first-order valence-electron chi connectivity index (χ1n) is 18.0. The number of ether oxygens (including phenoxy) is 1. The molecule has 2 amide bonds. The van der Waals surface area contributed by atoms with Gasteiger partial charge in [0.1, 0.15) is 11.4 Å². The molecule has 1 atom stereocenters. The van der Waals surface area contributed by atoms with Gasteiger partial charge in [-0.15, -0.1) is 0 Å². The molecule has 0 spiro atoms. The fraction of sp³-hybridized carbons (Fsp3) is 0.432. The highest BCUT2D eigenvalue weighted by Gasteiger charge is 2.43. The van der Waals surface area contributed by atoms with Gasteiger partial charge in [0.05, 0.1) is 29.0 Å². The minimum absolute atomic E-state index is 0.125. The molecule has 0 bridgehead atoms. The Morgan fingerprint density at radius 1 is 0.962 bits per heavy atom. The van der Waals surface area contributed by atoms with Crippen LogP contribution >= 0.6 is 0 Å². The normalized spacial score (nSPS) is 20.3. The highest BCUT2D eigenvalue weighted by molar-refractivity contribution is 5.93. The van der Waals surface area contributed by atoms with E-state index in [2.05, 4.69) is 26.8 Å². The van der Waals surface area contributed by atoms with Gasteiger partial charge < -0.3 is 29.1 Å². The summed E-state index contributed by atoms with van der Waals surface area (Å²) in [6.07, 6.45) is 2.77. The topological polar surface area (TPSA) is 187 Å². The number of anilines is 1. The highest BCUT2D eigenvalue weighted by atomic mass is 16.6. The smallest absolute Gasteiger partial charge is 0.410 e. The summed E-state index contributed by atoms with van der Waals surface area (Å²) in [5.41, 5.74) is 4.53. The van der Waals surface area contributed by atoms with Gasteiger partial charge >= 0.3 is 6.09 Å². The predicted molar refractivity (Wildman–Crippen MR) is 192 cm³/mol. The van der Waals surface area contributed by atoms with Crippen LogP contribution in [0.1, 0.15) is 52.4 Å². The Kier molecular flexibility index (Phi) is 8.92. The van der Waals surface area contributed by atoms with Crippen LogP contribution in [0.2, 0.25) is 0 Å². The fourth-order valence-corrected chi connectivity index (χ4v) is 7.92. The summed E-state index contributed by atoms with van der Waals surface area (Å²) >= 11 is 0. The molecule has 53 heavy (non-hydrogen) atoms. The molecule has 8 rings (SSSR count). The van der Waals surface area contributed by atoms with Crippen molar-refractivity contribution >= 4 is 34.6 Å². The lowest BCUT2D eigenvalue weighted by molar-refractivity contribution is -0.140. The van der Waals surface area contributed by atoms with E-state index >= 15 is 0 Å². The maximum Gasteiger partial charge on any atom is 0.415 e. The van der Waals surface area contributed by atoms with Gasteiger partial charge in [0.15, 0.2) is 5.78 Å². The number of hydroxylamine groups is 1. The number of Topliss-reactive ketones (excluding diaryl/α,β-unsaturated/α-hetero) is 1. The van der Waals surface area contributed by atoms with Crippen LogP contribution in [0.25, 0.3) is 22.3 Å². The second-order valence-corrected chi connectivity index (χ2v) is 14.2. The molecular weight excluding hydrogens is 682 g/mol. The minimum atomic E-state index is -1.70. The Balaban J connectivity index is 1.08. The standard InChI is InChI=1S/C37H41N9O7/c1-3-37(51)28-17-30-32-27(21-46(30)34(49)24(28)5-7-31(37)47)26(20-43-10-8-42(2)9-11-43)25-16-23(4-6-29(25)40-32)53-36(50)45-14-12-44(13-15-45)35-38-18-22(19-39-35)33(48)41-52/h4,6,16-19,51-52H,3,5,7-15,20-21H2,1-2H3,(H,41,48)/t37-/m0/s1. The Morgan fingerprint density at radius 3 is 2.40 bits per heavy atom. The largest absolute Gasteiger partial charge is 0.415 e. The van der Waals surface area contributed by atoms with E-state index in [0.717, 1.165) is 42.7 Å². The van der Waals surface area contributed by atoms with Gasteiger partial charge in [-0.05, 0) is 49.7 Å². The number of piperazine rings is 2. The average molecular weight is 724 g/mol. The Hall–Kier alpha value is -5.29. The molecule has 0 saturated carbocycles. The molecule has 6 heterocycles. The number of hydrogen-bond acceptors (Lipinski definition) is 13. The second kappa shape index (κ2) is 13.6. The molecule has 1 aliphatic carbocycles. The Morgan fingerprint density at radius 2 is 1.70 bits per heavy atom. The third-order valence-electron chi connectivity index (χ3n) is 11.2. The summed E-state index contributed by atoms with van der Waals surface area (Å²) in [7, 11) is 2.11. The van der Waals surface area contributed by atoms with Crippen molar-refractivity contribution in [1.82, 2.24) is 39.7 Å². The number of amides is 2. The summed E-state index contributed by atoms with van der Waals surface area (Å²) < 4.78 is 7.66. The van der Waals surface area contributed by atoms with Crippen LogP contribution in [0, 0.1) is 0 Å². The lowest BCUT2D eigenvalue weighted by atomic mass is 9.77. The number of fused-ring (bicyclic) bond motifs is 5. The van der Waals surface area contributed by atoms with Gasteiger partial charge in [0.2, 0.25) is 5.95 Å². The molecule has 2 fully saturated rings. The van der Waals surface area contributed by atoms with E-state index in [0.29, 0.717) is 85.4 Å². The van der Waals surface area contributed by atoms with Crippen molar-refractivity contribution in [2.75, 3.05) is 64.3 Å². The van der Waals surface area contributed by atoms with E-state index < -0.39 is 17.6 Å². The van der Waals surface area contributed by atoms with Gasteiger partial charge in [-0.3, -0.25) is 24.5 Å². The number of aromatic nitrogens is 4. The number of ketones is 1. The van der Waals surface area contributed by atoms with Crippen molar-refractivity contribution in [3.63, 3.8) is 0 Å². The molecule has 3 N–H and O–H groups in total. The van der Waals surface area contributed by atoms with Crippen LogP contribution in [-0.4, -0.2) is 122 Å². The zero-order chi connectivity index (χ0) is 37.0. The number of pyridine rings is 2. The van der Waals surface area contributed by atoms with E-state index in [4.69, 9.17) is 14.9 Å². The van der Waals surface area contributed by atoms with Crippen molar-refractivity contribution in [2.24, 2.45) is 0 Å². The van der Waals surface area contributed by atoms with Crippen LogP contribution in [0.15, 0.2) is 41.5 Å². The number of benzene rings is 1. The van der Waals surface area contributed by atoms with Crippen molar-refractivity contribution in [3.05, 3.63) is 74.8 Å². The van der Waals surface area contributed by atoms with Crippen molar-refractivity contribution in [1.29, 1.82) is 0 Å². The molecule has 0 radical (unpaired) electrons. The number of carbonyl (C=O) groups excluding carboxylic acids is 3. The molecule has 16 heteroatoms. The molecule has 4 aromatic rings. The molecule has 1 aromatic carbocycles. The number of rotatable bonds is 6. The summed E-state index contributed by atoms with van der Waals surface area (Å²) in [5.74, 6) is -0.180. The van der Waals surface area contributed by atoms with Crippen LogP contribution in [-0.2, 0) is 29.9 Å². The number of hydrogen-bond donors (Lipinski definition) is 3. The SMILES string of the molecule is CC[C@@]1(O)C(=O)CCc2c1cc1n(c2=O)Cc2c-1nc1ccc(OC(=O)N3CCN(c4ncc(C(=O)NO)cn4)CC3)cc1c2CN1CCN(C)CC1. The molecule has 3 aliphatic heterocycles. The van der Waals surface area contributed by atoms with Gasteiger partial charge in [0, 0.05) is 99.8 Å². The molecule has 276 valence electrons. The molecule has 16 nitrogen and oxygen atoms in total. The molecule has 0 unspecified atom stereocenters. The number of carbonyl (C=O) groups is 3. The maximum absolute atomic E-state index is 14.0. The maximum atomic E-state index is 14.0. The van der Waals surface area contributed by atoms with Crippen LogP contribution in [0.4, 0.5) is 10.7 Å². The van der Waals surface area contributed by atoms with Crippen LogP contribution < -0.4 is 20.7 Å². The van der Waals surface area contributed by atoms with Gasteiger partial charge in [-0.1, -0.05) is 6.92 Å².